The van der Waals surface area contributed by atoms with Gasteiger partial charge in [-0.3, -0.25) is 4.99 Å². The minimum Gasteiger partial charge on any atom is -0.356 e. The molecule has 1 aromatic heterocycles. The Morgan fingerprint density at radius 2 is 2.15 bits per heavy atom. The van der Waals surface area contributed by atoms with E-state index >= 15 is 0 Å². The molecule has 8 nitrogen and oxygen atoms in total. The van der Waals surface area contributed by atoms with Crippen molar-refractivity contribution >= 4 is 40.0 Å². The van der Waals surface area contributed by atoms with E-state index in [2.05, 4.69) is 36.4 Å². The maximum Gasteiger partial charge on any atom is 0.211 e. The molecule has 0 aliphatic carbocycles. The first-order valence-electron chi connectivity index (χ1n) is 8.87. The maximum atomic E-state index is 11.4. The molecule has 1 saturated heterocycles. The number of sulfonamides is 1. The lowest BCUT2D eigenvalue weighted by atomic mass is 9.93. The van der Waals surface area contributed by atoms with Crippen LogP contribution in [-0.4, -0.2) is 67.8 Å². The van der Waals surface area contributed by atoms with Crippen LogP contribution in [0, 0.1) is 5.92 Å². The van der Waals surface area contributed by atoms with Gasteiger partial charge in [0.05, 0.1) is 18.1 Å². The molecule has 2 heterocycles. The van der Waals surface area contributed by atoms with Gasteiger partial charge in [0.25, 0.3) is 0 Å². The zero-order chi connectivity index (χ0) is 18.3. The fourth-order valence-electron chi connectivity index (χ4n) is 3.05. The predicted octanol–water partition coefficient (Wildman–Crippen LogP) is 1.29. The first-order valence-corrected chi connectivity index (χ1v) is 10.5. The van der Waals surface area contributed by atoms with Crippen molar-refractivity contribution in [3.05, 3.63) is 18.7 Å². The van der Waals surface area contributed by atoms with Crippen molar-refractivity contribution in [3.8, 4) is 0 Å². The third-order valence-corrected chi connectivity index (χ3v) is 6.08. The molecule has 1 aliphatic heterocycles. The quantitative estimate of drug-likeness (QED) is 0.256. The highest BCUT2D eigenvalue weighted by Crippen LogP contribution is 2.27. The molecule has 150 valence electrons. The van der Waals surface area contributed by atoms with Crippen molar-refractivity contribution in [3.63, 3.8) is 0 Å². The van der Waals surface area contributed by atoms with Crippen LogP contribution < -0.4 is 10.0 Å². The molecule has 0 spiro atoms. The van der Waals surface area contributed by atoms with Crippen LogP contribution in [0.3, 0.4) is 0 Å². The number of nitrogens with zero attached hydrogens (tertiary/aromatic N) is 4. The van der Waals surface area contributed by atoms with E-state index in [-0.39, 0.29) is 29.7 Å². The SMILES string of the molecule is CCS(=O)(=O)NCCCNC(=NC)N1CCC(C)C(n2ccnc2)C1.I. The van der Waals surface area contributed by atoms with Gasteiger partial charge in [-0.2, -0.15) is 0 Å². The van der Waals surface area contributed by atoms with Gasteiger partial charge < -0.3 is 14.8 Å². The van der Waals surface area contributed by atoms with E-state index in [1.807, 2.05) is 18.7 Å². The van der Waals surface area contributed by atoms with Crippen LogP contribution >= 0.6 is 24.0 Å². The zero-order valence-electron chi connectivity index (χ0n) is 15.8. The Morgan fingerprint density at radius 1 is 1.38 bits per heavy atom. The number of aromatic nitrogens is 2. The number of likely N-dealkylation sites (tertiary alicyclic amines) is 1. The maximum absolute atomic E-state index is 11.4. The summed E-state index contributed by atoms with van der Waals surface area (Å²) in [5.41, 5.74) is 0. The van der Waals surface area contributed by atoms with Crippen LogP contribution in [0.2, 0.25) is 0 Å². The Balaban J connectivity index is 0.00000338. The lowest BCUT2D eigenvalue weighted by molar-refractivity contribution is 0.189. The Labute approximate surface area is 173 Å². The minimum absolute atomic E-state index is 0. The molecule has 26 heavy (non-hydrogen) atoms. The molecule has 1 fully saturated rings. The van der Waals surface area contributed by atoms with E-state index in [0.717, 1.165) is 25.5 Å². The number of halogens is 1. The molecule has 1 aliphatic rings. The summed E-state index contributed by atoms with van der Waals surface area (Å²) in [4.78, 5) is 10.8. The van der Waals surface area contributed by atoms with Crippen LogP contribution in [-0.2, 0) is 10.0 Å². The Hall–Kier alpha value is -0.880. The van der Waals surface area contributed by atoms with Crippen LogP contribution in [0.4, 0.5) is 0 Å². The molecule has 2 N–H and O–H groups in total. The smallest absolute Gasteiger partial charge is 0.211 e. The van der Waals surface area contributed by atoms with Crippen molar-refractivity contribution in [1.82, 2.24) is 24.5 Å². The summed E-state index contributed by atoms with van der Waals surface area (Å²) in [5, 5.41) is 3.34. The highest BCUT2D eigenvalue weighted by molar-refractivity contribution is 14.0. The number of piperidine rings is 1. The van der Waals surface area contributed by atoms with E-state index in [1.165, 1.54) is 0 Å². The average molecular weight is 498 g/mol. The van der Waals surface area contributed by atoms with Crippen molar-refractivity contribution < 1.29 is 8.42 Å². The van der Waals surface area contributed by atoms with Crippen LogP contribution in [0.15, 0.2) is 23.7 Å². The fourth-order valence-corrected chi connectivity index (χ4v) is 3.71. The molecule has 0 bridgehead atoms. The molecule has 0 radical (unpaired) electrons. The van der Waals surface area contributed by atoms with E-state index < -0.39 is 10.0 Å². The lowest BCUT2D eigenvalue weighted by Crippen LogP contribution is -2.49. The van der Waals surface area contributed by atoms with Gasteiger partial charge in [-0.15, -0.1) is 24.0 Å². The van der Waals surface area contributed by atoms with Gasteiger partial charge in [0, 0.05) is 45.6 Å². The van der Waals surface area contributed by atoms with Gasteiger partial charge >= 0.3 is 0 Å². The van der Waals surface area contributed by atoms with E-state index in [0.29, 0.717) is 31.5 Å². The largest absolute Gasteiger partial charge is 0.356 e. The number of aliphatic imine (C=N–C) groups is 1. The summed E-state index contributed by atoms with van der Waals surface area (Å²) in [6.07, 6.45) is 7.52. The van der Waals surface area contributed by atoms with E-state index in [9.17, 15) is 8.42 Å². The van der Waals surface area contributed by atoms with Crippen molar-refractivity contribution in [2.24, 2.45) is 10.9 Å². The molecular formula is C16H31IN6O2S. The van der Waals surface area contributed by atoms with Gasteiger partial charge in [0.15, 0.2) is 5.96 Å². The Bertz CT molecular complexity index is 650. The lowest BCUT2D eigenvalue weighted by Gasteiger charge is -2.39. The van der Waals surface area contributed by atoms with Gasteiger partial charge in [0.2, 0.25) is 10.0 Å². The predicted molar refractivity (Wildman–Crippen MR) is 115 cm³/mol. The molecule has 0 amide bonds. The molecule has 0 saturated carbocycles. The van der Waals surface area contributed by atoms with Crippen LogP contribution in [0.25, 0.3) is 0 Å². The summed E-state index contributed by atoms with van der Waals surface area (Å²) < 4.78 is 27.6. The highest BCUT2D eigenvalue weighted by atomic mass is 127. The van der Waals surface area contributed by atoms with Gasteiger partial charge in [-0.1, -0.05) is 6.92 Å². The third kappa shape index (κ3) is 6.69. The fraction of sp³-hybridized carbons (Fsp3) is 0.750. The number of hydrogen-bond acceptors (Lipinski definition) is 4. The normalized spacial score (nSPS) is 21.3. The zero-order valence-corrected chi connectivity index (χ0v) is 18.9. The number of hydrogen-bond donors (Lipinski definition) is 2. The molecule has 10 heteroatoms. The van der Waals surface area contributed by atoms with E-state index in [1.54, 1.807) is 14.0 Å². The Kier molecular flexibility index (Phi) is 9.86. The second kappa shape index (κ2) is 11.1. The first-order chi connectivity index (χ1) is 12.0. The van der Waals surface area contributed by atoms with Gasteiger partial charge in [0.1, 0.15) is 0 Å². The number of rotatable bonds is 7. The van der Waals surface area contributed by atoms with Crippen molar-refractivity contribution in [2.75, 3.05) is 39.0 Å². The van der Waals surface area contributed by atoms with E-state index in [4.69, 9.17) is 0 Å². The van der Waals surface area contributed by atoms with Crippen molar-refractivity contribution in [1.29, 1.82) is 0 Å². The highest BCUT2D eigenvalue weighted by Gasteiger charge is 2.28. The van der Waals surface area contributed by atoms with Gasteiger partial charge in [-0.05, 0) is 25.7 Å². The van der Waals surface area contributed by atoms with Gasteiger partial charge in [-0.25, -0.2) is 18.1 Å². The average Bonchev–Trinajstić information content (AvgIpc) is 3.13. The third-order valence-electron chi connectivity index (χ3n) is 4.68. The summed E-state index contributed by atoms with van der Waals surface area (Å²) in [6.45, 7) is 6.89. The van der Waals surface area contributed by atoms with Crippen LogP contribution in [0.5, 0.6) is 0 Å². The topological polar surface area (TPSA) is 91.6 Å². The first kappa shape index (κ1) is 23.2. The molecule has 1 aromatic rings. The molecule has 0 aromatic carbocycles. The number of nitrogens with one attached hydrogen (secondary N) is 2. The Morgan fingerprint density at radius 3 is 2.77 bits per heavy atom. The molecule has 2 unspecified atom stereocenters. The molecule has 2 rings (SSSR count). The summed E-state index contributed by atoms with van der Waals surface area (Å²) in [5.74, 6) is 1.58. The van der Waals surface area contributed by atoms with Crippen molar-refractivity contribution in [2.45, 2.75) is 32.7 Å². The number of imidazole rings is 1. The number of guanidine groups is 1. The monoisotopic (exact) mass is 498 g/mol. The van der Waals surface area contributed by atoms with Crippen LogP contribution in [0.1, 0.15) is 32.7 Å². The second-order valence-electron chi connectivity index (χ2n) is 6.41. The summed E-state index contributed by atoms with van der Waals surface area (Å²) in [6, 6.07) is 0.381. The molecular weight excluding hydrogens is 467 g/mol. The standard InChI is InChI=1S/C16H30N6O2S.HI/c1-4-25(23,24)20-8-5-7-19-16(17-3)21-10-6-14(2)15(12-21)22-11-9-18-13-22;/h9,11,13-15,20H,4-8,10,12H2,1-3H3,(H,17,19);1H. The summed E-state index contributed by atoms with van der Waals surface area (Å²) >= 11 is 0. The second-order valence-corrected chi connectivity index (χ2v) is 8.51. The summed E-state index contributed by atoms with van der Waals surface area (Å²) in [7, 11) is -1.33. The molecule has 2 atom stereocenters. The minimum atomic E-state index is -3.11.